The lowest BCUT2D eigenvalue weighted by Gasteiger charge is -2.02. The van der Waals surface area contributed by atoms with Crippen molar-refractivity contribution in [2.75, 3.05) is 14.2 Å². The molecule has 0 aliphatic rings. The van der Waals surface area contributed by atoms with Crippen molar-refractivity contribution in [3.8, 4) is 34.0 Å². The number of hydrogen-bond acceptors (Lipinski definition) is 4. The van der Waals surface area contributed by atoms with E-state index in [0.717, 1.165) is 27.5 Å². The standard InChI is InChI=1S/C17H16N2O3/c1-21-14-7-3-12(4-8-14)16-11-17(19(20)18-16)13-5-9-15(22-2)10-6-13/h3-11,20H,1-2H3. The fourth-order valence-corrected chi connectivity index (χ4v) is 2.24. The molecule has 0 aliphatic heterocycles. The van der Waals surface area contributed by atoms with Crippen molar-refractivity contribution in [3.05, 3.63) is 54.6 Å². The lowest BCUT2D eigenvalue weighted by Crippen LogP contribution is -1.95. The first kappa shape index (κ1) is 14.0. The first-order chi connectivity index (χ1) is 10.7. The highest BCUT2D eigenvalue weighted by Crippen LogP contribution is 2.27. The van der Waals surface area contributed by atoms with Crippen molar-refractivity contribution in [2.45, 2.75) is 0 Å². The molecule has 1 N–H and O–H groups in total. The SMILES string of the molecule is COc1ccc(-c2cc(-c3ccc(OC)cc3)n(O)n2)cc1. The summed E-state index contributed by atoms with van der Waals surface area (Å²) in [6, 6.07) is 16.8. The van der Waals surface area contributed by atoms with Gasteiger partial charge in [-0.2, -0.15) is 0 Å². The molecule has 5 heteroatoms. The highest BCUT2D eigenvalue weighted by Gasteiger charge is 2.11. The lowest BCUT2D eigenvalue weighted by atomic mass is 10.1. The molecule has 0 atom stereocenters. The van der Waals surface area contributed by atoms with Gasteiger partial charge in [0.25, 0.3) is 0 Å². The molecule has 0 saturated carbocycles. The minimum atomic E-state index is 0.619. The Kier molecular flexibility index (Phi) is 3.70. The maximum absolute atomic E-state index is 10.0. The molecule has 5 nitrogen and oxygen atoms in total. The molecule has 0 amide bonds. The maximum Gasteiger partial charge on any atom is 0.118 e. The molecule has 0 saturated heterocycles. The second-order valence-corrected chi connectivity index (χ2v) is 4.76. The molecule has 1 aromatic heterocycles. The van der Waals surface area contributed by atoms with Crippen LogP contribution in [0, 0.1) is 0 Å². The van der Waals surface area contributed by atoms with Gasteiger partial charge in [0, 0.05) is 11.1 Å². The Morgan fingerprint density at radius 1 is 0.818 bits per heavy atom. The molecule has 0 bridgehead atoms. The molecule has 22 heavy (non-hydrogen) atoms. The fraction of sp³-hybridized carbons (Fsp3) is 0.118. The normalized spacial score (nSPS) is 10.5. The van der Waals surface area contributed by atoms with E-state index in [1.165, 1.54) is 0 Å². The highest BCUT2D eigenvalue weighted by molar-refractivity contribution is 5.69. The summed E-state index contributed by atoms with van der Waals surface area (Å²) < 4.78 is 10.3. The Morgan fingerprint density at radius 2 is 1.32 bits per heavy atom. The van der Waals surface area contributed by atoms with Crippen LogP contribution in [0.5, 0.6) is 11.5 Å². The zero-order chi connectivity index (χ0) is 15.5. The molecule has 0 fully saturated rings. The van der Waals surface area contributed by atoms with Crippen molar-refractivity contribution in [1.29, 1.82) is 0 Å². The molecular formula is C17H16N2O3. The van der Waals surface area contributed by atoms with Crippen LogP contribution in [0.4, 0.5) is 0 Å². The van der Waals surface area contributed by atoms with E-state index in [1.54, 1.807) is 14.2 Å². The number of nitrogens with zero attached hydrogens (tertiary/aromatic N) is 2. The van der Waals surface area contributed by atoms with E-state index < -0.39 is 0 Å². The van der Waals surface area contributed by atoms with E-state index in [4.69, 9.17) is 9.47 Å². The largest absolute Gasteiger partial charge is 0.497 e. The van der Waals surface area contributed by atoms with E-state index in [-0.39, 0.29) is 0 Å². The molecule has 3 aromatic rings. The predicted octanol–water partition coefficient (Wildman–Crippen LogP) is 3.47. The van der Waals surface area contributed by atoms with Crippen molar-refractivity contribution >= 4 is 0 Å². The van der Waals surface area contributed by atoms with Crippen LogP contribution >= 0.6 is 0 Å². The third kappa shape index (κ3) is 2.61. The minimum absolute atomic E-state index is 0.619. The topological polar surface area (TPSA) is 56.5 Å². The smallest absolute Gasteiger partial charge is 0.118 e. The lowest BCUT2D eigenvalue weighted by molar-refractivity contribution is 0.154. The Hall–Kier alpha value is -2.95. The molecule has 2 aromatic carbocycles. The second kappa shape index (κ2) is 5.81. The molecule has 0 unspecified atom stereocenters. The van der Waals surface area contributed by atoms with Gasteiger partial charge < -0.3 is 14.7 Å². The summed E-state index contributed by atoms with van der Waals surface area (Å²) in [5.74, 6) is 1.55. The van der Waals surface area contributed by atoms with Crippen LogP contribution in [0.2, 0.25) is 0 Å². The summed E-state index contributed by atoms with van der Waals surface area (Å²) in [5, 5.41) is 14.2. The second-order valence-electron chi connectivity index (χ2n) is 4.76. The van der Waals surface area contributed by atoms with Gasteiger partial charge in [-0.15, -0.1) is 9.94 Å². The number of benzene rings is 2. The van der Waals surface area contributed by atoms with Crippen molar-refractivity contribution in [3.63, 3.8) is 0 Å². The van der Waals surface area contributed by atoms with E-state index in [2.05, 4.69) is 5.10 Å². The van der Waals surface area contributed by atoms with Crippen LogP contribution in [0.3, 0.4) is 0 Å². The summed E-state index contributed by atoms with van der Waals surface area (Å²) in [7, 11) is 3.24. The van der Waals surface area contributed by atoms with Crippen LogP contribution < -0.4 is 9.47 Å². The summed E-state index contributed by atoms with van der Waals surface area (Å²) in [4.78, 5) is 0.890. The number of hydrogen-bond donors (Lipinski definition) is 1. The monoisotopic (exact) mass is 296 g/mol. The molecule has 112 valence electrons. The van der Waals surface area contributed by atoms with E-state index in [0.29, 0.717) is 11.4 Å². The zero-order valence-electron chi connectivity index (χ0n) is 12.4. The summed E-state index contributed by atoms with van der Waals surface area (Å²) in [6.07, 6.45) is 0. The van der Waals surface area contributed by atoms with Gasteiger partial charge in [0.05, 0.1) is 19.9 Å². The summed E-state index contributed by atoms with van der Waals surface area (Å²) in [6.45, 7) is 0. The average molecular weight is 296 g/mol. The third-order valence-electron chi connectivity index (χ3n) is 3.46. The van der Waals surface area contributed by atoms with Crippen LogP contribution in [-0.2, 0) is 0 Å². The van der Waals surface area contributed by atoms with Crippen LogP contribution in [0.25, 0.3) is 22.5 Å². The van der Waals surface area contributed by atoms with Gasteiger partial charge >= 0.3 is 0 Å². The quantitative estimate of drug-likeness (QED) is 0.749. The Bertz CT molecular complexity index is 762. The molecule has 0 aliphatic carbocycles. The van der Waals surface area contributed by atoms with Crippen molar-refractivity contribution in [1.82, 2.24) is 9.94 Å². The molecule has 3 rings (SSSR count). The van der Waals surface area contributed by atoms with Crippen LogP contribution in [0.15, 0.2) is 54.6 Å². The number of ether oxygens (including phenoxy) is 2. The molecule has 1 heterocycles. The number of rotatable bonds is 4. The Morgan fingerprint density at radius 3 is 1.82 bits per heavy atom. The van der Waals surface area contributed by atoms with E-state index in [9.17, 15) is 5.21 Å². The van der Waals surface area contributed by atoms with Gasteiger partial charge in [0.15, 0.2) is 0 Å². The predicted molar refractivity (Wildman–Crippen MR) is 83.4 cm³/mol. The third-order valence-corrected chi connectivity index (χ3v) is 3.46. The van der Waals surface area contributed by atoms with Crippen molar-refractivity contribution < 1.29 is 14.7 Å². The molecule has 0 radical (unpaired) electrons. The van der Waals surface area contributed by atoms with Crippen LogP contribution in [0.1, 0.15) is 0 Å². The number of methoxy groups -OCH3 is 2. The maximum atomic E-state index is 10.0. The highest BCUT2D eigenvalue weighted by atomic mass is 16.5. The Labute approximate surface area is 128 Å². The first-order valence-corrected chi connectivity index (χ1v) is 6.79. The van der Waals surface area contributed by atoms with Gasteiger partial charge in [-0.1, -0.05) is 0 Å². The fourth-order valence-electron chi connectivity index (χ4n) is 2.24. The molecular weight excluding hydrogens is 280 g/mol. The van der Waals surface area contributed by atoms with Gasteiger partial charge in [0.1, 0.15) is 17.2 Å². The minimum Gasteiger partial charge on any atom is -0.497 e. The number of aromatic nitrogens is 2. The Balaban J connectivity index is 1.95. The zero-order valence-corrected chi connectivity index (χ0v) is 12.4. The molecule has 0 spiro atoms. The van der Waals surface area contributed by atoms with Gasteiger partial charge in [-0.3, -0.25) is 0 Å². The van der Waals surface area contributed by atoms with Gasteiger partial charge in [-0.05, 0) is 54.6 Å². The van der Waals surface area contributed by atoms with Crippen molar-refractivity contribution in [2.24, 2.45) is 0 Å². The average Bonchev–Trinajstić information content (AvgIpc) is 2.97. The van der Waals surface area contributed by atoms with Crippen LogP contribution in [-0.4, -0.2) is 29.4 Å². The van der Waals surface area contributed by atoms with E-state index >= 15 is 0 Å². The van der Waals surface area contributed by atoms with Gasteiger partial charge in [0.2, 0.25) is 0 Å². The van der Waals surface area contributed by atoms with E-state index in [1.807, 2.05) is 54.6 Å². The first-order valence-electron chi connectivity index (χ1n) is 6.79. The van der Waals surface area contributed by atoms with Gasteiger partial charge in [-0.25, -0.2) is 0 Å². The summed E-state index contributed by atoms with van der Waals surface area (Å²) in [5.41, 5.74) is 3.07. The summed E-state index contributed by atoms with van der Waals surface area (Å²) >= 11 is 0.